The van der Waals surface area contributed by atoms with Gasteiger partial charge in [0.25, 0.3) is 5.91 Å². The van der Waals surface area contributed by atoms with Crippen molar-refractivity contribution in [3.63, 3.8) is 0 Å². The van der Waals surface area contributed by atoms with E-state index in [2.05, 4.69) is 0 Å². The minimum absolute atomic E-state index is 0.172. The van der Waals surface area contributed by atoms with E-state index in [4.69, 9.17) is 4.74 Å². The molecular formula is C20H18N2O4. The van der Waals surface area contributed by atoms with E-state index >= 15 is 0 Å². The first-order valence-electron chi connectivity index (χ1n) is 8.38. The Bertz CT molecular complexity index is 1010. The number of para-hydroxylation sites is 1. The number of carboxylic acid groups (broad SMARTS) is 1. The van der Waals surface area contributed by atoms with Gasteiger partial charge in [-0.1, -0.05) is 18.2 Å². The maximum atomic E-state index is 13.2. The molecule has 6 heteroatoms. The Kier molecular flexibility index (Phi) is 3.88. The van der Waals surface area contributed by atoms with Crippen LogP contribution in [0.15, 0.2) is 48.5 Å². The summed E-state index contributed by atoms with van der Waals surface area (Å²) in [5, 5.41) is 10.2. The van der Waals surface area contributed by atoms with Gasteiger partial charge in [-0.2, -0.15) is 0 Å². The third-order valence-corrected chi connectivity index (χ3v) is 4.77. The van der Waals surface area contributed by atoms with Crippen molar-refractivity contribution in [3.8, 4) is 5.75 Å². The van der Waals surface area contributed by atoms with Crippen LogP contribution >= 0.6 is 0 Å². The van der Waals surface area contributed by atoms with E-state index in [1.54, 1.807) is 22.6 Å². The molecule has 0 fully saturated rings. The summed E-state index contributed by atoms with van der Waals surface area (Å²) in [6.07, 6.45) is 0.659. The second kappa shape index (κ2) is 6.22. The number of fused-ring (bicyclic) bond motifs is 3. The van der Waals surface area contributed by atoms with E-state index in [-0.39, 0.29) is 12.5 Å². The molecule has 6 nitrogen and oxygen atoms in total. The van der Waals surface area contributed by atoms with E-state index in [0.29, 0.717) is 24.4 Å². The van der Waals surface area contributed by atoms with Crippen LogP contribution in [0.2, 0.25) is 0 Å². The zero-order valence-electron chi connectivity index (χ0n) is 14.3. The number of carboxylic acids is 1. The molecule has 1 aliphatic heterocycles. The van der Waals surface area contributed by atoms with Gasteiger partial charge in [0.1, 0.15) is 18.0 Å². The summed E-state index contributed by atoms with van der Waals surface area (Å²) in [4.78, 5) is 26.3. The first-order chi connectivity index (χ1) is 12.6. The summed E-state index contributed by atoms with van der Waals surface area (Å²) in [7, 11) is 1.59. The van der Waals surface area contributed by atoms with Crippen molar-refractivity contribution in [3.05, 3.63) is 59.8 Å². The molecule has 1 N–H and O–H groups in total. The Balaban J connectivity index is 1.91. The predicted octanol–water partition coefficient (Wildman–Crippen LogP) is 2.94. The molecule has 132 valence electrons. The number of aliphatic carboxylic acids is 1. The smallest absolute Gasteiger partial charge is 0.323 e. The number of rotatable bonds is 4. The van der Waals surface area contributed by atoms with Crippen molar-refractivity contribution >= 4 is 28.5 Å². The molecule has 0 bridgehead atoms. The molecule has 0 unspecified atom stereocenters. The van der Waals surface area contributed by atoms with Crippen LogP contribution in [0.3, 0.4) is 0 Å². The Hall–Kier alpha value is -3.28. The van der Waals surface area contributed by atoms with Gasteiger partial charge in [0.15, 0.2) is 0 Å². The zero-order chi connectivity index (χ0) is 18.3. The van der Waals surface area contributed by atoms with E-state index in [9.17, 15) is 14.7 Å². The summed E-state index contributed by atoms with van der Waals surface area (Å²) in [5.41, 5.74) is 2.89. The minimum Gasteiger partial charge on any atom is -0.497 e. The van der Waals surface area contributed by atoms with Crippen molar-refractivity contribution in [1.29, 1.82) is 0 Å². The highest BCUT2D eigenvalue weighted by Gasteiger charge is 2.32. The summed E-state index contributed by atoms with van der Waals surface area (Å²) >= 11 is 0. The van der Waals surface area contributed by atoms with Crippen molar-refractivity contribution in [2.45, 2.75) is 13.0 Å². The first kappa shape index (κ1) is 16.2. The van der Waals surface area contributed by atoms with Crippen LogP contribution < -0.4 is 9.64 Å². The van der Waals surface area contributed by atoms with Gasteiger partial charge in [-0.3, -0.25) is 9.59 Å². The highest BCUT2D eigenvalue weighted by Crippen LogP contribution is 2.34. The number of hydrogen-bond donors (Lipinski definition) is 1. The number of carbonyl (C=O) groups excluding carboxylic acids is 1. The number of aromatic nitrogens is 1. The molecular weight excluding hydrogens is 332 g/mol. The lowest BCUT2D eigenvalue weighted by atomic mass is 10.0. The normalized spacial score (nSPS) is 13.7. The third-order valence-electron chi connectivity index (χ3n) is 4.77. The van der Waals surface area contributed by atoms with Crippen LogP contribution in [0.5, 0.6) is 5.75 Å². The second-order valence-corrected chi connectivity index (χ2v) is 6.23. The Morgan fingerprint density at radius 1 is 1.19 bits per heavy atom. The van der Waals surface area contributed by atoms with Crippen molar-refractivity contribution < 1.29 is 19.4 Å². The molecule has 2 aromatic carbocycles. The number of benzene rings is 2. The molecule has 2 heterocycles. The van der Waals surface area contributed by atoms with Crippen LogP contribution in [-0.2, 0) is 17.8 Å². The number of ether oxygens (including phenoxy) is 1. The fourth-order valence-corrected chi connectivity index (χ4v) is 3.63. The quantitative estimate of drug-likeness (QED) is 0.785. The molecule has 0 radical (unpaired) electrons. The van der Waals surface area contributed by atoms with Crippen LogP contribution in [0.25, 0.3) is 10.9 Å². The van der Waals surface area contributed by atoms with Crippen molar-refractivity contribution in [2.75, 3.05) is 18.6 Å². The number of methoxy groups -OCH3 is 1. The standard InChI is InChI=1S/C20H18N2O4/c1-26-14-7-8-17-16(11-14)15-9-10-21(13-5-3-2-4-6-13)20(25)19(15)22(17)12-18(23)24/h2-8,11H,9-10,12H2,1H3,(H,23,24). The van der Waals surface area contributed by atoms with Gasteiger partial charge in [0.2, 0.25) is 0 Å². The van der Waals surface area contributed by atoms with Crippen molar-refractivity contribution in [1.82, 2.24) is 4.57 Å². The van der Waals surface area contributed by atoms with E-state index in [1.807, 2.05) is 42.5 Å². The number of carbonyl (C=O) groups is 2. The Labute approximate surface area is 150 Å². The van der Waals surface area contributed by atoms with Gasteiger partial charge in [0, 0.05) is 23.1 Å². The molecule has 0 saturated carbocycles. The largest absolute Gasteiger partial charge is 0.497 e. The Morgan fingerprint density at radius 3 is 2.65 bits per heavy atom. The molecule has 0 saturated heterocycles. The monoisotopic (exact) mass is 350 g/mol. The maximum absolute atomic E-state index is 13.2. The number of anilines is 1. The highest BCUT2D eigenvalue weighted by atomic mass is 16.5. The van der Waals surface area contributed by atoms with Crippen LogP contribution in [-0.4, -0.2) is 35.2 Å². The van der Waals surface area contributed by atoms with Gasteiger partial charge in [0.05, 0.1) is 7.11 Å². The average Bonchev–Trinajstić information content (AvgIpc) is 2.96. The second-order valence-electron chi connectivity index (χ2n) is 6.23. The fourth-order valence-electron chi connectivity index (χ4n) is 3.63. The molecule has 3 aromatic rings. The number of nitrogens with zero attached hydrogens (tertiary/aromatic N) is 2. The SMILES string of the molecule is COc1ccc2c(c1)c1c(n2CC(=O)O)C(=O)N(c2ccccc2)CC1. The van der Waals surface area contributed by atoms with E-state index in [1.165, 1.54) is 0 Å². The van der Waals surface area contributed by atoms with Gasteiger partial charge in [-0.15, -0.1) is 0 Å². The molecule has 0 atom stereocenters. The van der Waals surface area contributed by atoms with Crippen LogP contribution in [0.4, 0.5) is 5.69 Å². The highest BCUT2D eigenvalue weighted by molar-refractivity contribution is 6.11. The van der Waals surface area contributed by atoms with Gasteiger partial charge in [-0.05, 0) is 42.3 Å². The molecule has 1 aliphatic rings. The van der Waals surface area contributed by atoms with Crippen LogP contribution in [0, 0.1) is 0 Å². The number of hydrogen-bond acceptors (Lipinski definition) is 3. The zero-order valence-corrected chi connectivity index (χ0v) is 14.3. The predicted molar refractivity (Wildman–Crippen MR) is 97.9 cm³/mol. The summed E-state index contributed by atoms with van der Waals surface area (Å²) in [6, 6.07) is 14.9. The summed E-state index contributed by atoms with van der Waals surface area (Å²) in [6.45, 7) is 0.297. The molecule has 1 aromatic heterocycles. The van der Waals surface area contributed by atoms with Gasteiger partial charge in [-0.25, -0.2) is 0 Å². The lowest BCUT2D eigenvalue weighted by molar-refractivity contribution is -0.137. The molecule has 0 aliphatic carbocycles. The maximum Gasteiger partial charge on any atom is 0.323 e. The van der Waals surface area contributed by atoms with Crippen molar-refractivity contribution in [2.24, 2.45) is 0 Å². The lowest BCUT2D eigenvalue weighted by Crippen LogP contribution is -2.39. The molecule has 1 amide bonds. The van der Waals surface area contributed by atoms with Gasteiger partial charge >= 0.3 is 5.97 Å². The summed E-state index contributed by atoms with van der Waals surface area (Å²) in [5.74, 6) is -0.468. The Morgan fingerprint density at radius 2 is 1.96 bits per heavy atom. The van der Waals surface area contributed by atoms with Gasteiger partial charge < -0.3 is 19.3 Å². The van der Waals surface area contributed by atoms with E-state index < -0.39 is 5.97 Å². The first-order valence-corrected chi connectivity index (χ1v) is 8.38. The number of amides is 1. The van der Waals surface area contributed by atoms with Crippen LogP contribution in [0.1, 0.15) is 16.1 Å². The average molecular weight is 350 g/mol. The van der Waals surface area contributed by atoms with E-state index in [0.717, 1.165) is 22.2 Å². The third kappa shape index (κ3) is 2.50. The lowest BCUT2D eigenvalue weighted by Gasteiger charge is -2.28. The fraction of sp³-hybridized carbons (Fsp3) is 0.200. The molecule has 0 spiro atoms. The topological polar surface area (TPSA) is 71.8 Å². The summed E-state index contributed by atoms with van der Waals surface area (Å²) < 4.78 is 6.90. The molecule has 4 rings (SSSR count). The molecule has 26 heavy (non-hydrogen) atoms. The minimum atomic E-state index is -0.981.